The maximum absolute atomic E-state index is 13.4. The van der Waals surface area contributed by atoms with Gasteiger partial charge in [0.1, 0.15) is 0 Å². The Kier molecular flexibility index (Phi) is 5.24. The van der Waals surface area contributed by atoms with Gasteiger partial charge in [-0.1, -0.05) is 40.7 Å². The molecule has 0 amide bonds. The highest BCUT2D eigenvalue weighted by molar-refractivity contribution is 6.01. The number of hydrogen-bond acceptors (Lipinski definition) is 3. The van der Waals surface area contributed by atoms with Crippen molar-refractivity contribution in [3.63, 3.8) is 0 Å². The van der Waals surface area contributed by atoms with E-state index in [9.17, 15) is 15.0 Å². The minimum atomic E-state index is -1.03. The molecule has 33 heavy (non-hydrogen) atoms. The Labute approximate surface area is 201 Å². The first kappa shape index (κ1) is 24.0. The third kappa shape index (κ3) is 3.03. The molecule has 3 nitrogen and oxygen atoms in total. The molecule has 0 aromatic carbocycles. The summed E-state index contributed by atoms with van der Waals surface area (Å²) < 4.78 is 0. The second kappa shape index (κ2) is 7.19. The molecule has 4 fully saturated rings. The standard InChI is InChI=1S/C30H48O3/c1-26(2)22-13-17-30(7)23(28(22,5)15-14-24(26)31)11-10-20-18(12-16-29(20,30)6)19-8-9-21(25(19)32)27(3,4)33/h9,18-20,22-24,31,33H,8,10-17H2,1-7H3/t18-,19+,20-,22-,23-,24-,28-,29-,30-/m1/s1. The van der Waals surface area contributed by atoms with E-state index in [1.807, 2.05) is 6.08 Å². The topological polar surface area (TPSA) is 57.5 Å². The zero-order chi connectivity index (χ0) is 24.2. The van der Waals surface area contributed by atoms with E-state index in [1.54, 1.807) is 13.8 Å². The number of allylic oxidation sites excluding steroid dienone is 1. The van der Waals surface area contributed by atoms with E-state index in [0.29, 0.717) is 40.1 Å². The first-order valence-corrected chi connectivity index (χ1v) is 13.8. The minimum Gasteiger partial charge on any atom is -0.393 e. The van der Waals surface area contributed by atoms with Crippen molar-refractivity contribution >= 4 is 5.78 Å². The van der Waals surface area contributed by atoms with Gasteiger partial charge in [-0.25, -0.2) is 0 Å². The number of aliphatic hydroxyl groups is 2. The largest absolute Gasteiger partial charge is 0.393 e. The number of carbonyl (C=O) groups is 1. The van der Waals surface area contributed by atoms with Gasteiger partial charge in [-0.15, -0.1) is 0 Å². The maximum atomic E-state index is 13.4. The monoisotopic (exact) mass is 456 g/mol. The highest BCUT2D eigenvalue weighted by Crippen LogP contribution is 2.75. The fourth-order valence-corrected chi connectivity index (χ4v) is 10.8. The number of fused-ring (bicyclic) bond motifs is 5. The van der Waals surface area contributed by atoms with E-state index in [2.05, 4.69) is 34.6 Å². The number of hydrogen-bond donors (Lipinski definition) is 2. The van der Waals surface area contributed by atoms with Crippen LogP contribution in [0.3, 0.4) is 0 Å². The molecule has 0 heterocycles. The first-order chi connectivity index (χ1) is 15.2. The molecular formula is C30H48O3. The van der Waals surface area contributed by atoms with Gasteiger partial charge in [0, 0.05) is 11.5 Å². The summed E-state index contributed by atoms with van der Waals surface area (Å²) >= 11 is 0. The predicted molar refractivity (Wildman–Crippen MR) is 132 cm³/mol. The van der Waals surface area contributed by atoms with Crippen LogP contribution >= 0.6 is 0 Å². The van der Waals surface area contributed by atoms with E-state index in [0.717, 1.165) is 25.7 Å². The van der Waals surface area contributed by atoms with Gasteiger partial charge in [-0.3, -0.25) is 4.79 Å². The van der Waals surface area contributed by atoms with Crippen LogP contribution in [-0.2, 0) is 4.79 Å². The summed E-state index contributed by atoms with van der Waals surface area (Å²) in [6.07, 6.45) is 12.2. The van der Waals surface area contributed by atoms with Gasteiger partial charge in [0.05, 0.1) is 11.7 Å². The quantitative estimate of drug-likeness (QED) is 0.511. The van der Waals surface area contributed by atoms with Gasteiger partial charge < -0.3 is 10.2 Å². The van der Waals surface area contributed by atoms with E-state index in [4.69, 9.17) is 0 Å². The van der Waals surface area contributed by atoms with E-state index >= 15 is 0 Å². The Morgan fingerprint density at radius 3 is 2.18 bits per heavy atom. The van der Waals surface area contributed by atoms with Gasteiger partial charge in [0.25, 0.3) is 0 Å². The molecule has 0 saturated heterocycles. The van der Waals surface area contributed by atoms with Crippen LogP contribution in [0.25, 0.3) is 0 Å². The average Bonchev–Trinajstić information content (AvgIpc) is 3.25. The van der Waals surface area contributed by atoms with Crippen molar-refractivity contribution in [2.75, 3.05) is 0 Å². The van der Waals surface area contributed by atoms with Crippen LogP contribution < -0.4 is 0 Å². The number of aliphatic hydroxyl groups excluding tert-OH is 1. The molecule has 0 aromatic rings. The summed E-state index contributed by atoms with van der Waals surface area (Å²) in [6, 6.07) is 0. The lowest BCUT2D eigenvalue weighted by Gasteiger charge is -2.69. The van der Waals surface area contributed by atoms with Gasteiger partial charge >= 0.3 is 0 Å². The fourth-order valence-electron chi connectivity index (χ4n) is 10.8. The lowest BCUT2D eigenvalue weighted by molar-refractivity contribution is -0.222. The molecule has 186 valence electrons. The Hall–Kier alpha value is -0.670. The van der Waals surface area contributed by atoms with Crippen LogP contribution in [0.1, 0.15) is 106 Å². The number of carbonyl (C=O) groups excluding carboxylic acids is 1. The van der Waals surface area contributed by atoms with Crippen molar-refractivity contribution in [3.05, 3.63) is 11.6 Å². The number of ketones is 1. The van der Waals surface area contributed by atoms with Gasteiger partial charge in [0.15, 0.2) is 5.78 Å². The molecule has 0 aromatic heterocycles. The summed E-state index contributed by atoms with van der Waals surface area (Å²) in [5, 5.41) is 21.4. The second-order valence-corrected chi connectivity index (χ2v) is 14.6. The summed E-state index contributed by atoms with van der Waals surface area (Å²) in [5.41, 5.74) is 0.523. The van der Waals surface area contributed by atoms with Crippen LogP contribution in [0, 0.1) is 51.2 Å². The molecule has 5 rings (SSSR count). The number of Topliss-reactive ketones (excluding diaryl/α,β-unsaturated/α-hetero) is 1. The van der Waals surface area contributed by atoms with Crippen LogP contribution in [-0.4, -0.2) is 27.7 Å². The van der Waals surface area contributed by atoms with E-state index in [-0.39, 0.29) is 28.6 Å². The van der Waals surface area contributed by atoms with Crippen molar-refractivity contribution in [2.24, 2.45) is 51.2 Å². The lowest BCUT2D eigenvalue weighted by atomic mass is 9.35. The van der Waals surface area contributed by atoms with Crippen LogP contribution in [0.5, 0.6) is 0 Å². The normalized spacial score (nSPS) is 51.5. The van der Waals surface area contributed by atoms with Crippen LogP contribution in [0.2, 0.25) is 0 Å². The lowest BCUT2D eigenvalue weighted by Crippen LogP contribution is -2.63. The molecule has 0 aliphatic heterocycles. The van der Waals surface area contributed by atoms with Gasteiger partial charge in [-0.05, 0) is 117 Å². The molecule has 4 saturated carbocycles. The fraction of sp³-hybridized carbons (Fsp3) is 0.900. The molecule has 0 spiro atoms. The third-order valence-electron chi connectivity index (χ3n) is 12.8. The molecule has 9 atom stereocenters. The second-order valence-electron chi connectivity index (χ2n) is 14.6. The molecule has 2 N–H and O–H groups in total. The Bertz CT molecular complexity index is 864. The van der Waals surface area contributed by atoms with E-state index in [1.165, 1.54) is 32.1 Å². The average molecular weight is 457 g/mol. The molecule has 0 bridgehead atoms. The molecular weight excluding hydrogens is 408 g/mol. The molecule has 0 unspecified atom stereocenters. The number of rotatable bonds is 2. The van der Waals surface area contributed by atoms with Crippen molar-refractivity contribution in [3.8, 4) is 0 Å². The summed E-state index contributed by atoms with van der Waals surface area (Å²) in [5.74, 6) is 2.69. The molecule has 5 aliphatic carbocycles. The summed E-state index contributed by atoms with van der Waals surface area (Å²) in [4.78, 5) is 13.4. The summed E-state index contributed by atoms with van der Waals surface area (Å²) in [6.45, 7) is 15.9. The Morgan fingerprint density at radius 2 is 1.55 bits per heavy atom. The van der Waals surface area contributed by atoms with Crippen molar-refractivity contribution < 1.29 is 15.0 Å². The highest BCUT2D eigenvalue weighted by Gasteiger charge is 2.69. The predicted octanol–water partition coefficient (Wildman–Crippen LogP) is 6.32. The first-order valence-electron chi connectivity index (χ1n) is 13.8. The highest BCUT2D eigenvalue weighted by atomic mass is 16.3. The maximum Gasteiger partial charge on any atom is 0.165 e. The Morgan fingerprint density at radius 1 is 0.879 bits per heavy atom. The van der Waals surface area contributed by atoms with Crippen molar-refractivity contribution in [1.82, 2.24) is 0 Å². The molecule has 0 radical (unpaired) electrons. The molecule has 5 aliphatic rings. The van der Waals surface area contributed by atoms with Crippen molar-refractivity contribution in [1.29, 1.82) is 0 Å². The minimum absolute atomic E-state index is 0.000269. The zero-order valence-corrected chi connectivity index (χ0v) is 22.2. The smallest absolute Gasteiger partial charge is 0.165 e. The van der Waals surface area contributed by atoms with E-state index < -0.39 is 5.60 Å². The molecule has 3 heteroatoms. The zero-order valence-electron chi connectivity index (χ0n) is 22.2. The summed E-state index contributed by atoms with van der Waals surface area (Å²) in [7, 11) is 0. The van der Waals surface area contributed by atoms with Gasteiger partial charge in [0.2, 0.25) is 0 Å². The van der Waals surface area contributed by atoms with Crippen LogP contribution in [0.4, 0.5) is 0 Å². The van der Waals surface area contributed by atoms with Gasteiger partial charge in [-0.2, -0.15) is 0 Å². The Balaban J connectivity index is 1.44. The van der Waals surface area contributed by atoms with Crippen molar-refractivity contribution in [2.45, 2.75) is 118 Å². The SMILES string of the molecule is CC(C)(O)C1=CC[C@@H]([C@H]2CC[C@]3(C)[C@@H]2CC[C@@H]2[C@]4(C)CC[C@@H](O)C(C)(C)[C@H]4CC[C@]23C)C1=O. The third-order valence-corrected chi connectivity index (χ3v) is 12.8. The van der Waals surface area contributed by atoms with Crippen LogP contribution in [0.15, 0.2) is 11.6 Å².